The van der Waals surface area contributed by atoms with Gasteiger partial charge >= 0.3 is 5.97 Å². The quantitative estimate of drug-likeness (QED) is 0.571. The molecule has 2 rings (SSSR count). The third-order valence-electron chi connectivity index (χ3n) is 3.17. The molecule has 1 aromatic rings. The number of allylic oxidation sites excluding steroid dienone is 1. The maximum Gasteiger partial charge on any atom is 0.312 e. The summed E-state index contributed by atoms with van der Waals surface area (Å²) in [6.07, 6.45) is 4.06. The van der Waals surface area contributed by atoms with Gasteiger partial charge in [-0.05, 0) is 24.8 Å². The van der Waals surface area contributed by atoms with Crippen LogP contribution in [0.1, 0.15) is 18.4 Å². The number of hydrogen-bond acceptors (Lipinski definition) is 2. The lowest BCUT2D eigenvalue weighted by molar-refractivity contribution is -0.146. The Balaban J connectivity index is 2.21. The van der Waals surface area contributed by atoms with Crippen molar-refractivity contribution in [3.05, 3.63) is 48.6 Å². The second-order valence-corrected chi connectivity index (χ2v) is 4.32. The van der Waals surface area contributed by atoms with Crippen molar-refractivity contribution in [3.63, 3.8) is 0 Å². The highest BCUT2D eigenvalue weighted by Gasteiger charge is 2.43. The van der Waals surface area contributed by atoms with E-state index in [0.29, 0.717) is 13.0 Å². The molecule has 1 atom stereocenters. The van der Waals surface area contributed by atoms with Crippen LogP contribution in [0.3, 0.4) is 0 Å². The number of carbonyl (C=O) groups is 1. The first-order chi connectivity index (χ1) is 7.77. The zero-order valence-corrected chi connectivity index (χ0v) is 9.32. The van der Waals surface area contributed by atoms with Crippen LogP contribution in [0, 0.1) is 5.41 Å². The Kier molecular flexibility index (Phi) is 3.09. The van der Waals surface area contributed by atoms with Crippen LogP contribution in [0.2, 0.25) is 0 Å². The van der Waals surface area contributed by atoms with Gasteiger partial charge in [-0.2, -0.15) is 0 Å². The largest absolute Gasteiger partial charge is 0.465 e. The van der Waals surface area contributed by atoms with Crippen LogP contribution in [0.5, 0.6) is 0 Å². The van der Waals surface area contributed by atoms with Gasteiger partial charge in [-0.1, -0.05) is 36.4 Å². The summed E-state index contributed by atoms with van der Waals surface area (Å²) < 4.78 is 5.11. The minimum atomic E-state index is -0.372. The van der Waals surface area contributed by atoms with Crippen molar-refractivity contribution in [1.82, 2.24) is 0 Å². The molecule has 0 aliphatic carbocycles. The first-order valence-corrected chi connectivity index (χ1v) is 5.59. The van der Waals surface area contributed by atoms with Gasteiger partial charge in [0, 0.05) is 0 Å². The third kappa shape index (κ3) is 2.01. The number of esters is 1. The van der Waals surface area contributed by atoms with Crippen LogP contribution in [-0.4, -0.2) is 12.6 Å². The highest BCUT2D eigenvalue weighted by molar-refractivity contribution is 5.79. The van der Waals surface area contributed by atoms with Gasteiger partial charge in [-0.15, -0.1) is 6.58 Å². The van der Waals surface area contributed by atoms with Gasteiger partial charge in [-0.3, -0.25) is 4.79 Å². The lowest BCUT2D eigenvalue weighted by Gasteiger charge is -2.22. The molecule has 0 amide bonds. The van der Waals surface area contributed by atoms with Gasteiger partial charge in [0.1, 0.15) is 0 Å². The Morgan fingerprint density at radius 3 is 2.69 bits per heavy atom. The maximum atomic E-state index is 11.8. The zero-order chi connectivity index (χ0) is 11.4. The van der Waals surface area contributed by atoms with Crippen LogP contribution < -0.4 is 0 Å². The Bertz CT molecular complexity index is 383. The molecule has 1 aromatic carbocycles. The average Bonchev–Trinajstić information content (AvgIpc) is 2.62. The predicted molar refractivity (Wildman–Crippen MR) is 63.0 cm³/mol. The highest BCUT2D eigenvalue weighted by atomic mass is 16.5. The second kappa shape index (κ2) is 4.52. The summed E-state index contributed by atoms with van der Waals surface area (Å²) in [6, 6.07) is 10.1. The molecular weight excluding hydrogens is 200 g/mol. The Morgan fingerprint density at radius 2 is 2.12 bits per heavy atom. The lowest BCUT2D eigenvalue weighted by Crippen LogP contribution is -2.28. The minimum absolute atomic E-state index is 0.0729. The highest BCUT2D eigenvalue weighted by Crippen LogP contribution is 2.37. The van der Waals surface area contributed by atoms with E-state index >= 15 is 0 Å². The summed E-state index contributed by atoms with van der Waals surface area (Å²) in [5.74, 6) is -0.0729. The van der Waals surface area contributed by atoms with Gasteiger partial charge in [0.05, 0.1) is 12.0 Å². The molecule has 0 radical (unpaired) electrons. The molecule has 2 nitrogen and oxygen atoms in total. The molecule has 1 aliphatic rings. The normalized spacial score (nSPS) is 24.1. The molecule has 0 aromatic heterocycles. The Hall–Kier alpha value is -1.57. The molecule has 1 unspecified atom stereocenters. The average molecular weight is 216 g/mol. The molecule has 0 spiro atoms. The SMILES string of the molecule is C=CCC1(Cc2ccccc2)CCOC1=O. The lowest BCUT2D eigenvalue weighted by atomic mass is 9.77. The molecule has 16 heavy (non-hydrogen) atoms. The first kappa shape index (κ1) is 10.9. The van der Waals surface area contributed by atoms with E-state index < -0.39 is 0 Å². The van der Waals surface area contributed by atoms with Crippen molar-refractivity contribution in [2.45, 2.75) is 19.3 Å². The first-order valence-electron chi connectivity index (χ1n) is 5.59. The van der Waals surface area contributed by atoms with Crippen molar-refractivity contribution in [1.29, 1.82) is 0 Å². The molecule has 1 saturated heterocycles. The summed E-state index contributed by atoms with van der Waals surface area (Å²) in [7, 11) is 0. The van der Waals surface area contributed by atoms with Crippen LogP contribution in [0.15, 0.2) is 43.0 Å². The van der Waals surface area contributed by atoms with Crippen molar-refractivity contribution in [2.24, 2.45) is 5.41 Å². The van der Waals surface area contributed by atoms with Gasteiger partial charge < -0.3 is 4.74 Å². The Labute approximate surface area is 95.9 Å². The number of ether oxygens (including phenoxy) is 1. The fourth-order valence-corrected chi connectivity index (χ4v) is 2.28. The van der Waals surface area contributed by atoms with E-state index in [-0.39, 0.29) is 11.4 Å². The third-order valence-corrected chi connectivity index (χ3v) is 3.17. The monoisotopic (exact) mass is 216 g/mol. The van der Waals surface area contributed by atoms with Crippen molar-refractivity contribution in [3.8, 4) is 0 Å². The molecule has 0 bridgehead atoms. The van der Waals surface area contributed by atoms with E-state index in [1.54, 1.807) is 0 Å². The second-order valence-electron chi connectivity index (χ2n) is 4.32. The van der Waals surface area contributed by atoms with E-state index in [2.05, 4.69) is 18.7 Å². The van der Waals surface area contributed by atoms with Crippen LogP contribution in [0.4, 0.5) is 0 Å². The van der Waals surface area contributed by atoms with Crippen molar-refractivity contribution in [2.75, 3.05) is 6.61 Å². The standard InChI is InChI=1S/C14H16O2/c1-2-8-14(9-10-16-13(14)15)11-12-6-4-3-5-7-12/h2-7H,1,8-11H2. The van der Waals surface area contributed by atoms with E-state index in [4.69, 9.17) is 4.74 Å². The minimum Gasteiger partial charge on any atom is -0.465 e. The molecule has 1 fully saturated rings. The van der Waals surface area contributed by atoms with E-state index in [9.17, 15) is 4.79 Å². The zero-order valence-electron chi connectivity index (χ0n) is 9.32. The fourth-order valence-electron chi connectivity index (χ4n) is 2.28. The van der Waals surface area contributed by atoms with Crippen molar-refractivity contribution >= 4 is 5.97 Å². The summed E-state index contributed by atoms with van der Waals surface area (Å²) in [4.78, 5) is 11.8. The van der Waals surface area contributed by atoms with Gasteiger partial charge in [-0.25, -0.2) is 0 Å². The number of carbonyl (C=O) groups excluding carboxylic acids is 1. The number of hydrogen-bond donors (Lipinski definition) is 0. The number of cyclic esters (lactones) is 1. The van der Waals surface area contributed by atoms with Gasteiger partial charge in [0.15, 0.2) is 0 Å². The molecule has 0 saturated carbocycles. The summed E-state index contributed by atoms with van der Waals surface area (Å²) in [6.45, 7) is 4.28. The number of rotatable bonds is 4. The molecule has 1 heterocycles. The molecule has 2 heteroatoms. The molecule has 0 N–H and O–H groups in total. The summed E-state index contributed by atoms with van der Waals surface area (Å²) in [5, 5.41) is 0. The van der Waals surface area contributed by atoms with Crippen LogP contribution in [-0.2, 0) is 16.0 Å². The predicted octanol–water partition coefficient (Wildman–Crippen LogP) is 2.74. The Morgan fingerprint density at radius 1 is 1.38 bits per heavy atom. The number of benzene rings is 1. The van der Waals surface area contributed by atoms with Crippen molar-refractivity contribution < 1.29 is 9.53 Å². The topological polar surface area (TPSA) is 26.3 Å². The molecular formula is C14H16O2. The van der Waals surface area contributed by atoms with E-state index in [1.807, 2.05) is 24.3 Å². The molecule has 1 aliphatic heterocycles. The summed E-state index contributed by atoms with van der Waals surface area (Å²) >= 11 is 0. The smallest absolute Gasteiger partial charge is 0.312 e. The van der Waals surface area contributed by atoms with E-state index in [1.165, 1.54) is 5.56 Å². The van der Waals surface area contributed by atoms with Gasteiger partial charge in [0.25, 0.3) is 0 Å². The summed E-state index contributed by atoms with van der Waals surface area (Å²) in [5.41, 5.74) is 0.812. The van der Waals surface area contributed by atoms with E-state index in [0.717, 1.165) is 12.8 Å². The van der Waals surface area contributed by atoms with Crippen LogP contribution >= 0.6 is 0 Å². The maximum absolute atomic E-state index is 11.8. The van der Waals surface area contributed by atoms with Gasteiger partial charge in [0.2, 0.25) is 0 Å². The van der Waals surface area contributed by atoms with Crippen LogP contribution in [0.25, 0.3) is 0 Å². The molecule has 84 valence electrons. The fraction of sp³-hybridized carbons (Fsp3) is 0.357.